The normalized spacial score (nSPS) is 16.9. The third kappa shape index (κ3) is 3.69. The van der Waals surface area contributed by atoms with Crippen LogP contribution in [-0.4, -0.2) is 33.2 Å². The van der Waals surface area contributed by atoms with E-state index >= 15 is 0 Å². The highest BCUT2D eigenvalue weighted by atomic mass is 35.5. The van der Waals surface area contributed by atoms with Gasteiger partial charge in [-0.2, -0.15) is 5.10 Å². The number of nitrogens with zero attached hydrogens (tertiary/aromatic N) is 3. The summed E-state index contributed by atoms with van der Waals surface area (Å²) >= 11 is 6.06. The molecule has 0 unspecified atom stereocenters. The molecule has 1 aliphatic rings. The number of piperidine rings is 1. The molecule has 0 radical (unpaired) electrons. The summed E-state index contributed by atoms with van der Waals surface area (Å²) in [7, 11) is 0. The van der Waals surface area contributed by atoms with E-state index in [1.807, 2.05) is 65.7 Å². The lowest BCUT2D eigenvalue weighted by molar-refractivity contribution is 0.0609. The standard InChI is InChI=1S/C23H24ClN3O/c1-2-19-8-6-7-15-26(19)23(28)21-16-27(20-9-4-3-5-10-20)25-22(21)17-11-13-18(24)14-12-17/h3-5,9-14,16,19H,2,6-8,15H2,1H3/t19-/m1/s1. The summed E-state index contributed by atoms with van der Waals surface area (Å²) in [5.74, 6) is 0.0682. The SMILES string of the molecule is CC[C@@H]1CCCCN1C(=O)c1cn(-c2ccccc2)nc1-c1ccc(Cl)cc1. The third-order valence-electron chi connectivity index (χ3n) is 5.44. The summed E-state index contributed by atoms with van der Waals surface area (Å²) in [6.45, 7) is 2.97. The molecule has 0 N–H and O–H groups in total. The van der Waals surface area contributed by atoms with Crippen LogP contribution in [0.5, 0.6) is 0 Å². The molecule has 0 saturated carbocycles. The van der Waals surface area contributed by atoms with Crippen LogP contribution in [0.1, 0.15) is 43.0 Å². The van der Waals surface area contributed by atoms with Crippen molar-refractivity contribution in [3.63, 3.8) is 0 Å². The van der Waals surface area contributed by atoms with Crippen LogP contribution in [0.4, 0.5) is 0 Å². The van der Waals surface area contributed by atoms with Gasteiger partial charge in [0.2, 0.25) is 0 Å². The van der Waals surface area contributed by atoms with E-state index in [0.29, 0.717) is 22.3 Å². The molecule has 1 aliphatic heterocycles. The average Bonchev–Trinajstić information content (AvgIpc) is 3.20. The average molecular weight is 394 g/mol. The quantitative estimate of drug-likeness (QED) is 0.578. The molecular weight excluding hydrogens is 370 g/mol. The van der Waals surface area contributed by atoms with Crippen LogP contribution in [0.2, 0.25) is 5.02 Å². The van der Waals surface area contributed by atoms with Crippen molar-refractivity contribution in [3.8, 4) is 16.9 Å². The van der Waals surface area contributed by atoms with Crippen molar-refractivity contribution in [2.45, 2.75) is 38.6 Å². The number of carbonyl (C=O) groups is 1. The topological polar surface area (TPSA) is 38.1 Å². The lowest BCUT2D eigenvalue weighted by Gasteiger charge is -2.35. The first-order chi connectivity index (χ1) is 13.7. The Labute approximate surface area is 170 Å². The van der Waals surface area contributed by atoms with Gasteiger partial charge in [0, 0.05) is 29.4 Å². The van der Waals surface area contributed by atoms with E-state index in [4.69, 9.17) is 16.7 Å². The number of hydrogen-bond acceptors (Lipinski definition) is 2. The summed E-state index contributed by atoms with van der Waals surface area (Å²) in [4.78, 5) is 15.6. The molecule has 3 aromatic rings. The molecule has 2 heterocycles. The Morgan fingerprint density at radius 2 is 1.86 bits per heavy atom. The molecule has 2 aromatic carbocycles. The van der Waals surface area contributed by atoms with Gasteiger partial charge in [0.15, 0.2) is 0 Å². The maximum Gasteiger partial charge on any atom is 0.257 e. The van der Waals surface area contributed by atoms with Crippen LogP contribution >= 0.6 is 11.6 Å². The van der Waals surface area contributed by atoms with Gasteiger partial charge in [-0.05, 0) is 49.9 Å². The Morgan fingerprint density at radius 1 is 1.11 bits per heavy atom. The van der Waals surface area contributed by atoms with Crippen LogP contribution in [0.15, 0.2) is 60.8 Å². The maximum absolute atomic E-state index is 13.5. The van der Waals surface area contributed by atoms with Crippen LogP contribution in [0.25, 0.3) is 16.9 Å². The summed E-state index contributed by atoms with van der Waals surface area (Å²) in [6, 6.07) is 17.7. The van der Waals surface area contributed by atoms with Crippen molar-refractivity contribution < 1.29 is 4.79 Å². The van der Waals surface area contributed by atoms with Crippen molar-refractivity contribution in [1.82, 2.24) is 14.7 Å². The highest BCUT2D eigenvalue weighted by Gasteiger charge is 2.29. The highest BCUT2D eigenvalue weighted by Crippen LogP contribution is 2.29. The Balaban J connectivity index is 1.79. The van der Waals surface area contributed by atoms with Gasteiger partial charge in [0.1, 0.15) is 5.69 Å². The van der Waals surface area contributed by atoms with Crippen molar-refractivity contribution in [2.75, 3.05) is 6.54 Å². The number of rotatable bonds is 4. The molecule has 0 aliphatic carbocycles. The maximum atomic E-state index is 13.5. The molecule has 0 bridgehead atoms. The van der Waals surface area contributed by atoms with E-state index < -0.39 is 0 Å². The number of aromatic nitrogens is 2. The number of carbonyl (C=O) groups excluding carboxylic acids is 1. The minimum Gasteiger partial charge on any atom is -0.336 e. The van der Waals surface area contributed by atoms with Crippen LogP contribution in [0.3, 0.4) is 0 Å². The zero-order chi connectivity index (χ0) is 19.5. The van der Waals surface area contributed by atoms with E-state index in [2.05, 4.69) is 6.92 Å². The van der Waals surface area contributed by atoms with E-state index in [0.717, 1.165) is 37.1 Å². The van der Waals surface area contributed by atoms with Crippen LogP contribution < -0.4 is 0 Å². The van der Waals surface area contributed by atoms with Crippen molar-refractivity contribution in [3.05, 3.63) is 71.4 Å². The zero-order valence-electron chi connectivity index (χ0n) is 16.0. The molecule has 144 valence electrons. The molecule has 4 rings (SSSR count). The Kier molecular flexibility index (Phi) is 5.49. The second kappa shape index (κ2) is 8.19. The van der Waals surface area contributed by atoms with E-state index in [1.165, 1.54) is 6.42 Å². The smallest absolute Gasteiger partial charge is 0.257 e. The highest BCUT2D eigenvalue weighted by molar-refractivity contribution is 6.30. The summed E-state index contributed by atoms with van der Waals surface area (Å²) < 4.78 is 1.79. The number of amides is 1. The van der Waals surface area contributed by atoms with E-state index in [9.17, 15) is 4.79 Å². The van der Waals surface area contributed by atoms with E-state index in [-0.39, 0.29) is 5.91 Å². The van der Waals surface area contributed by atoms with Crippen LogP contribution in [0, 0.1) is 0 Å². The number of para-hydroxylation sites is 1. The number of likely N-dealkylation sites (tertiary alicyclic amines) is 1. The molecule has 1 atom stereocenters. The molecule has 1 aromatic heterocycles. The van der Waals surface area contributed by atoms with Crippen molar-refractivity contribution >= 4 is 17.5 Å². The molecule has 0 spiro atoms. The largest absolute Gasteiger partial charge is 0.336 e. The van der Waals surface area contributed by atoms with Gasteiger partial charge >= 0.3 is 0 Å². The van der Waals surface area contributed by atoms with Crippen molar-refractivity contribution in [1.29, 1.82) is 0 Å². The van der Waals surface area contributed by atoms with Gasteiger partial charge in [-0.3, -0.25) is 4.79 Å². The number of benzene rings is 2. The van der Waals surface area contributed by atoms with Gasteiger partial charge in [-0.15, -0.1) is 0 Å². The molecule has 1 fully saturated rings. The monoisotopic (exact) mass is 393 g/mol. The van der Waals surface area contributed by atoms with Gasteiger partial charge in [-0.25, -0.2) is 4.68 Å². The molecule has 4 nitrogen and oxygen atoms in total. The fourth-order valence-electron chi connectivity index (χ4n) is 3.91. The van der Waals surface area contributed by atoms with E-state index in [1.54, 1.807) is 4.68 Å². The van der Waals surface area contributed by atoms with Crippen LogP contribution in [-0.2, 0) is 0 Å². The molecule has 5 heteroatoms. The fourth-order valence-corrected chi connectivity index (χ4v) is 4.04. The first-order valence-corrected chi connectivity index (χ1v) is 10.3. The molecule has 1 amide bonds. The second-order valence-electron chi connectivity index (χ2n) is 7.23. The zero-order valence-corrected chi connectivity index (χ0v) is 16.8. The predicted molar refractivity (Wildman–Crippen MR) is 113 cm³/mol. The lowest BCUT2D eigenvalue weighted by Crippen LogP contribution is -2.43. The summed E-state index contributed by atoms with van der Waals surface area (Å²) in [6.07, 6.45) is 6.17. The fraction of sp³-hybridized carbons (Fsp3) is 0.304. The summed E-state index contributed by atoms with van der Waals surface area (Å²) in [5, 5.41) is 5.44. The van der Waals surface area contributed by atoms with Gasteiger partial charge in [0.05, 0.1) is 11.3 Å². The molecular formula is C23H24ClN3O. The van der Waals surface area contributed by atoms with Gasteiger partial charge < -0.3 is 4.90 Å². The third-order valence-corrected chi connectivity index (χ3v) is 5.69. The Bertz CT molecular complexity index is 950. The van der Waals surface area contributed by atoms with Gasteiger partial charge in [-0.1, -0.05) is 48.9 Å². The minimum atomic E-state index is 0.0682. The Hall–Kier alpha value is -2.59. The molecule has 1 saturated heterocycles. The second-order valence-corrected chi connectivity index (χ2v) is 7.67. The summed E-state index contributed by atoms with van der Waals surface area (Å²) in [5.41, 5.74) is 3.17. The van der Waals surface area contributed by atoms with Gasteiger partial charge in [0.25, 0.3) is 5.91 Å². The minimum absolute atomic E-state index is 0.0682. The number of halogens is 1. The first-order valence-electron chi connectivity index (χ1n) is 9.89. The van der Waals surface area contributed by atoms with Crippen molar-refractivity contribution in [2.24, 2.45) is 0 Å². The molecule has 28 heavy (non-hydrogen) atoms. The predicted octanol–water partition coefficient (Wildman–Crippen LogP) is 5.60. The lowest BCUT2D eigenvalue weighted by atomic mass is 9.98. The first kappa shape index (κ1) is 18.8. The Morgan fingerprint density at radius 3 is 2.57 bits per heavy atom. The number of hydrogen-bond donors (Lipinski definition) is 0.